The van der Waals surface area contributed by atoms with Crippen molar-refractivity contribution < 1.29 is 0 Å². The first kappa shape index (κ1) is 15.1. The van der Waals surface area contributed by atoms with Crippen molar-refractivity contribution in [2.75, 3.05) is 7.05 Å². The van der Waals surface area contributed by atoms with Crippen molar-refractivity contribution in [3.8, 4) is 0 Å². The molecule has 0 fully saturated rings. The minimum Gasteiger partial charge on any atom is -0.309 e. The van der Waals surface area contributed by atoms with Crippen molar-refractivity contribution >= 4 is 73.1 Å². The van der Waals surface area contributed by atoms with Gasteiger partial charge in [-0.15, -0.1) is 11.3 Å². The Bertz CT molecular complexity index is 554. The Morgan fingerprint density at radius 3 is 2.61 bits per heavy atom. The van der Waals surface area contributed by atoms with Gasteiger partial charge in [0.25, 0.3) is 0 Å². The van der Waals surface area contributed by atoms with Crippen molar-refractivity contribution in [2.45, 2.75) is 6.04 Å². The summed E-state index contributed by atoms with van der Waals surface area (Å²) in [5, 5.41) is 4.05. The molecule has 1 aromatic heterocycles. The molecule has 1 unspecified atom stereocenters. The Labute approximate surface area is 142 Å². The van der Waals surface area contributed by atoms with Crippen molar-refractivity contribution in [1.29, 1.82) is 0 Å². The molecule has 18 heavy (non-hydrogen) atoms. The van der Waals surface area contributed by atoms with Gasteiger partial charge < -0.3 is 5.32 Å². The number of rotatable bonds is 3. The maximum Gasteiger partial charge on any atom is 0.107 e. The number of thiophene rings is 1. The quantitative estimate of drug-likeness (QED) is 0.558. The van der Waals surface area contributed by atoms with Gasteiger partial charge in [-0.2, -0.15) is 0 Å². The second-order valence-corrected chi connectivity index (χ2v) is 7.80. The SMILES string of the molecule is CNC(c1cc(Br)c(Cl)s1)c1cc(Cl)ccc1I. The van der Waals surface area contributed by atoms with Gasteiger partial charge in [-0.05, 0) is 75.4 Å². The summed E-state index contributed by atoms with van der Waals surface area (Å²) >= 11 is 19.5. The number of halogens is 4. The van der Waals surface area contributed by atoms with Crippen molar-refractivity contribution in [2.24, 2.45) is 0 Å². The molecule has 1 aromatic carbocycles. The van der Waals surface area contributed by atoms with Crippen LogP contribution in [-0.2, 0) is 0 Å². The number of benzene rings is 1. The largest absolute Gasteiger partial charge is 0.309 e. The lowest BCUT2D eigenvalue weighted by Gasteiger charge is -2.17. The van der Waals surface area contributed by atoms with E-state index in [1.165, 1.54) is 3.57 Å². The molecule has 96 valence electrons. The molecule has 0 radical (unpaired) electrons. The van der Waals surface area contributed by atoms with Crippen LogP contribution in [0.3, 0.4) is 0 Å². The lowest BCUT2D eigenvalue weighted by molar-refractivity contribution is 0.700. The Morgan fingerprint density at radius 1 is 1.33 bits per heavy atom. The van der Waals surface area contributed by atoms with Crippen LogP contribution in [0.15, 0.2) is 28.7 Å². The van der Waals surface area contributed by atoms with Gasteiger partial charge in [-0.1, -0.05) is 23.2 Å². The molecule has 1 nitrogen and oxygen atoms in total. The van der Waals surface area contributed by atoms with Gasteiger partial charge in [-0.3, -0.25) is 0 Å². The third kappa shape index (κ3) is 3.22. The summed E-state index contributed by atoms with van der Waals surface area (Å²) in [5.74, 6) is 0. The highest BCUT2D eigenvalue weighted by molar-refractivity contribution is 14.1. The monoisotopic (exact) mass is 475 g/mol. The number of hydrogen-bond donors (Lipinski definition) is 1. The highest BCUT2D eigenvalue weighted by Crippen LogP contribution is 2.38. The van der Waals surface area contributed by atoms with Crippen LogP contribution >= 0.6 is 73.1 Å². The van der Waals surface area contributed by atoms with E-state index >= 15 is 0 Å². The Kier molecular flexibility index (Phi) is 5.37. The predicted molar refractivity (Wildman–Crippen MR) is 92.1 cm³/mol. The van der Waals surface area contributed by atoms with Crippen LogP contribution in [0.25, 0.3) is 0 Å². The lowest BCUT2D eigenvalue weighted by atomic mass is 10.1. The minimum atomic E-state index is 0.101. The summed E-state index contributed by atoms with van der Waals surface area (Å²) in [6, 6.07) is 8.06. The van der Waals surface area contributed by atoms with E-state index in [-0.39, 0.29) is 6.04 Å². The standard InChI is InChI=1S/C12H9BrCl2INS/c1-17-11(10-5-8(13)12(15)18-10)7-4-6(14)2-3-9(7)16/h2-5,11,17H,1H3. The Balaban J connectivity index is 2.48. The highest BCUT2D eigenvalue weighted by atomic mass is 127. The summed E-state index contributed by atoms with van der Waals surface area (Å²) in [7, 11) is 1.93. The average Bonchev–Trinajstić information content (AvgIpc) is 2.65. The first-order chi connectivity index (χ1) is 8.52. The fourth-order valence-corrected chi connectivity index (χ4v) is 4.39. The van der Waals surface area contributed by atoms with E-state index in [0.29, 0.717) is 0 Å². The maximum atomic E-state index is 6.10. The molecule has 1 N–H and O–H groups in total. The van der Waals surface area contributed by atoms with Gasteiger partial charge in [0.15, 0.2) is 0 Å². The molecule has 1 atom stereocenters. The van der Waals surface area contributed by atoms with Crippen molar-refractivity contribution in [1.82, 2.24) is 5.32 Å². The molecule has 2 rings (SSSR count). The van der Waals surface area contributed by atoms with E-state index in [2.05, 4.69) is 43.8 Å². The first-order valence-corrected chi connectivity index (χ1v) is 8.54. The van der Waals surface area contributed by atoms with Gasteiger partial charge >= 0.3 is 0 Å². The summed E-state index contributed by atoms with van der Waals surface area (Å²) in [4.78, 5) is 1.16. The van der Waals surface area contributed by atoms with E-state index in [1.807, 2.05) is 31.3 Å². The molecular formula is C12H9BrCl2INS. The number of hydrogen-bond acceptors (Lipinski definition) is 2. The highest BCUT2D eigenvalue weighted by Gasteiger charge is 2.18. The van der Waals surface area contributed by atoms with E-state index in [1.54, 1.807) is 11.3 Å². The van der Waals surface area contributed by atoms with E-state index < -0.39 is 0 Å². The van der Waals surface area contributed by atoms with Gasteiger partial charge in [0.1, 0.15) is 4.34 Å². The van der Waals surface area contributed by atoms with Gasteiger partial charge in [0.05, 0.1) is 6.04 Å². The van der Waals surface area contributed by atoms with Crippen LogP contribution in [0.4, 0.5) is 0 Å². The summed E-state index contributed by atoms with van der Waals surface area (Å²) in [6.07, 6.45) is 0. The molecule has 1 heterocycles. The molecule has 0 amide bonds. The summed E-state index contributed by atoms with van der Waals surface area (Å²) in [6.45, 7) is 0. The van der Waals surface area contributed by atoms with E-state index in [9.17, 15) is 0 Å². The Hall–Kier alpha value is 0.670. The van der Waals surface area contributed by atoms with Crippen LogP contribution in [-0.4, -0.2) is 7.05 Å². The zero-order chi connectivity index (χ0) is 13.3. The van der Waals surface area contributed by atoms with Gasteiger partial charge in [0.2, 0.25) is 0 Å². The fourth-order valence-electron chi connectivity index (χ4n) is 1.69. The van der Waals surface area contributed by atoms with E-state index in [4.69, 9.17) is 23.2 Å². The second-order valence-electron chi connectivity index (χ2n) is 3.66. The van der Waals surface area contributed by atoms with Crippen molar-refractivity contribution in [3.05, 3.63) is 52.1 Å². The van der Waals surface area contributed by atoms with Gasteiger partial charge in [-0.25, -0.2) is 0 Å². The topological polar surface area (TPSA) is 12.0 Å². The first-order valence-electron chi connectivity index (χ1n) is 5.10. The molecule has 2 aromatic rings. The average molecular weight is 477 g/mol. The molecule has 0 spiro atoms. The van der Waals surface area contributed by atoms with Crippen LogP contribution in [0, 0.1) is 3.57 Å². The summed E-state index contributed by atoms with van der Waals surface area (Å²) in [5.41, 5.74) is 1.16. The normalized spacial score (nSPS) is 12.7. The van der Waals surface area contributed by atoms with Crippen molar-refractivity contribution in [3.63, 3.8) is 0 Å². The molecular weight excluding hydrogens is 468 g/mol. The molecule has 0 aliphatic heterocycles. The fraction of sp³-hybridized carbons (Fsp3) is 0.167. The maximum absolute atomic E-state index is 6.10. The lowest BCUT2D eigenvalue weighted by Crippen LogP contribution is -2.17. The second kappa shape index (κ2) is 6.41. The third-order valence-corrected chi connectivity index (χ3v) is 6.26. The smallest absolute Gasteiger partial charge is 0.107 e. The van der Waals surface area contributed by atoms with Crippen LogP contribution in [0.1, 0.15) is 16.5 Å². The molecule has 0 aliphatic carbocycles. The summed E-state index contributed by atoms with van der Waals surface area (Å²) < 4.78 is 2.88. The molecule has 0 saturated carbocycles. The molecule has 0 aliphatic rings. The third-order valence-electron chi connectivity index (χ3n) is 2.51. The van der Waals surface area contributed by atoms with Crippen LogP contribution in [0.2, 0.25) is 9.36 Å². The van der Waals surface area contributed by atoms with Crippen LogP contribution in [0.5, 0.6) is 0 Å². The van der Waals surface area contributed by atoms with E-state index in [0.717, 1.165) is 24.3 Å². The number of nitrogens with one attached hydrogen (secondary N) is 1. The predicted octanol–water partition coefficient (Wildman–Crippen LogP) is 5.73. The van der Waals surface area contributed by atoms with Crippen LogP contribution < -0.4 is 5.32 Å². The Morgan fingerprint density at radius 2 is 2.06 bits per heavy atom. The zero-order valence-electron chi connectivity index (χ0n) is 9.31. The molecule has 0 saturated heterocycles. The zero-order valence-corrected chi connectivity index (χ0v) is 15.4. The molecule has 6 heteroatoms. The minimum absolute atomic E-state index is 0.101. The van der Waals surface area contributed by atoms with Gasteiger partial charge in [0, 0.05) is 17.9 Å². The molecule has 0 bridgehead atoms.